The van der Waals surface area contributed by atoms with E-state index in [-0.39, 0.29) is 11.5 Å². The number of fused-ring (bicyclic) bond motifs is 3. The smallest absolute Gasteiger partial charge is 0.407 e. The summed E-state index contributed by atoms with van der Waals surface area (Å²) >= 11 is 0. The van der Waals surface area contributed by atoms with Crippen LogP contribution in [-0.2, 0) is 4.79 Å². The third-order valence-electron chi connectivity index (χ3n) is 7.78. The second-order valence-electron chi connectivity index (χ2n) is 9.95. The molecule has 0 radical (unpaired) electrons. The number of likely N-dealkylation sites (tertiary alicyclic amines) is 1. The van der Waals surface area contributed by atoms with Gasteiger partial charge in [0.1, 0.15) is 5.78 Å². The summed E-state index contributed by atoms with van der Waals surface area (Å²) in [5.74, 6) is 0.309. The van der Waals surface area contributed by atoms with Crippen LogP contribution in [0.1, 0.15) is 51.6 Å². The van der Waals surface area contributed by atoms with E-state index in [9.17, 15) is 14.7 Å². The highest BCUT2D eigenvalue weighted by atomic mass is 16.4. The van der Waals surface area contributed by atoms with E-state index in [0.717, 1.165) is 17.7 Å². The minimum atomic E-state index is -0.888. The molecule has 3 heterocycles. The van der Waals surface area contributed by atoms with Crippen molar-refractivity contribution in [3.05, 3.63) is 42.4 Å². The van der Waals surface area contributed by atoms with Crippen LogP contribution in [0.5, 0.6) is 0 Å². The summed E-state index contributed by atoms with van der Waals surface area (Å²) in [7, 11) is 0. The molecule has 5 rings (SSSR count). The molecule has 2 fully saturated rings. The van der Waals surface area contributed by atoms with E-state index in [1.165, 1.54) is 10.5 Å². The second kappa shape index (κ2) is 5.71. The van der Waals surface area contributed by atoms with Gasteiger partial charge in [0.25, 0.3) is 0 Å². The van der Waals surface area contributed by atoms with Crippen molar-refractivity contribution in [2.24, 2.45) is 16.2 Å². The van der Waals surface area contributed by atoms with Crippen LogP contribution >= 0.6 is 0 Å². The predicted octanol–water partition coefficient (Wildman–Crippen LogP) is 4.22. The molecular weight excluding hydrogens is 366 g/mol. The number of ketones is 1. The minimum Gasteiger partial charge on any atom is -0.465 e. The van der Waals surface area contributed by atoms with Gasteiger partial charge in [-0.05, 0) is 30.2 Å². The van der Waals surface area contributed by atoms with E-state index >= 15 is 0 Å². The van der Waals surface area contributed by atoms with E-state index in [1.54, 1.807) is 0 Å². The molecule has 6 nitrogen and oxygen atoms in total. The predicted molar refractivity (Wildman–Crippen MR) is 109 cm³/mol. The number of rotatable bonds is 1. The molecule has 2 aliphatic heterocycles. The molecule has 3 aliphatic rings. The number of carbonyl (C=O) groups excluding carboxylic acids is 1. The highest BCUT2D eigenvalue weighted by molar-refractivity contribution is 5.99. The number of nitrogens with zero attached hydrogens (tertiary/aromatic N) is 3. The Bertz CT molecular complexity index is 1010. The van der Waals surface area contributed by atoms with Crippen LogP contribution in [-0.4, -0.2) is 44.5 Å². The number of imidazole rings is 1. The van der Waals surface area contributed by atoms with Gasteiger partial charge in [-0.2, -0.15) is 0 Å². The molecule has 2 atom stereocenters. The van der Waals surface area contributed by atoms with Crippen molar-refractivity contribution in [1.82, 2.24) is 14.5 Å². The van der Waals surface area contributed by atoms with Gasteiger partial charge in [-0.25, -0.2) is 9.78 Å². The summed E-state index contributed by atoms with van der Waals surface area (Å²) in [6.07, 6.45) is 4.91. The Morgan fingerprint density at radius 1 is 1.21 bits per heavy atom. The molecule has 152 valence electrons. The lowest BCUT2D eigenvalue weighted by atomic mass is 9.39. The molecule has 6 heteroatoms. The fourth-order valence-electron chi connectivity index (χ4n) is 6.17. The summed E-state index contributed by atoms with van der Waals surface area (Å²) < 4.78 is 2.19. The zero-order valence-corrected chi connectivity index (χ0v) is 17.2. The van der Waals surface area contributed by atoms with Crippen LogP contribution in [0.15, 0.2) is 36.8 Å². The molecule has 29 heavy (non-hydrogen) atoms. The number of Topliss-reactive ketones (excluding diaryl/α,β-unsaturated/α-hetero) is 1. The zero-order chi connectivity index (χ0) is 20.6. The quantitative estimate of drug-likeness (QED) is 0.787. The Hall–Kier alpha value is -2.63. The monoisotopic (exact) mass is 393 g/mol. The Morgan fingerprint density at radius 2 is 1.90 bits per heavy atom. The number of hydrogen-bond donors (Lipinski definition) is 1. The van der Waals surface area contributed by atoms with Crippen LogP contribution in [0, 0.1) is 16.2 Å². The average molecular weight is 393 g/mol. The maximum Gasteiger partial charge on any atom is 0.407 e. The molecule has 1 N–H and O–H groups in total. The summed E-state index contributed by atoms with van der Waals surface area (Å²) in [6, 6.07) is 8.28. The number of hydrogen-bond acceptors (Lipinski definition) is 3. The fourth-order valence-corrected chi connectivity index (χ4v) is 6.17. The summed E-state index contributed by atoms with van der Waals surface area (Å²) in [6.45, 7) is 7.39. The van der Waals surface area contributed by atoms with Gasteiger partial charge in [-0.15, -0.1) is 0 Å². The van der Waals surface area contributed by atoms with Gasteiger partial charge >= 0.3 is 6.09 Å². The Balaban J connectivity index is 1.58. The third kappa shape index (κ3) is 2.20. The number of carboxylic acid groups (broad SMARTS) is 1. The van der Waals surface area contributed by atoms with E-state index in [2.05, 4.69) is 42.5 Å². The van der Waals surface area contributed by atoms with Crippen molar-refractivity contribution in [3.63, 3.8) is 0 Å². The maximum atomic E-state index is 14.1. The molecule has 2 aromatic rings. The summed E-state index contributed by atoms with van der Waals surface area (Å²) in [5.41, 5.74) is 2.28. The van der Waals surface area contributed by atoms with Gasteiger partial charge in [-0.1, -0.05) is 45.0 Å². The summed E-state index contributed by atoms with van der Waals surface area (Å²) in [5, 5.41) is 9.30. The minimum absolute atomic E-state index is 0.0631. The maximum absolute atomic E-state index is 14.1. The molecule has 1 saturated carbocycles. The SMILES string of the molecule is CC(C)(C)C1(C2c3ccccc3-c3cncn32)CC2(CCN(C(=O)O)CC2)C1=O. The molecular formula is C23H27N3O3. The highest BCUT2D eigenvalue weighted by Crippen LogP contribution is 2.70. The number of aromatic nitrogens is 2. The first-order valence-corrected chi connectivity index (χ1v) is 10.4. The molecule has 1 aromatic carbocycles. The van der Waals surface area contributed by atoms with Crippen molar-refractivity contribution in [1.29, 1.82) is 0 Å². The molecule has 1 aliphatic carbocycles. The molecule has 2 unspecified atom stereocenters. The largest absolute Gasteiger partial charge is 0.465 e. The normalized spacial score (nSPS) is 27.5. The number of carbonyl (C=O) groups is 2. The van der Waals surface area contributed by atoms with E-state index in [0.29, 0.717) is 31.7 Å². The van der Waals surface area contributed by atoms with E-state index < -0.39 is 16.9 Å². The highest BCUT2D eigenvalue weighted by Gasteiger charge is 2.71. The molecule has 1 saturated heterocycles. The summed E-state index contributed by atoms with van der Waals surface area (Å²) in [4.78, 5) is 31.3. The lowest BCUT2D eigenvalue weighted by molar-refractivity contribution is -0.183. The Morgan fingerprint density at radius 3 is 2.52 bits per heavy atom. The first-order chi connectivity index (χ1) is 13.7. The van der Waals surface area contributed by atoms with Gasteiger partial charge in [0.05, 0.1) is 29.7 Å². The Kier molecular flexibility index (Phi) is 3.62. The second-order valence-corrected chi connectivity index (χ2v) is 9.95. The molecule has 1 spiro atoms. The van der Waals surface area contributed by atoms with Crippen LogP contribution < -0.4 is 0 Å². The topological polar surface area (TPSA) is 75.4 Å². The van der Waals surface area contributed by atoms with Crippen molar-refractivity contribution in [3.8, 4) is 11.3 Å². The van der Waals surface area contributed by atoms with Crippen LogP contribution in [0.2, 0.25) is 0 Å². The molecule has 0 bridgehead atoms. The lowest BCUT2D eigenvalue weighted by Gasteiger charge is -2.64. The number of benzene rings is 1. The van der Waals surface area contributed by atoms with Crippen LogP contribution in [0.4, 0.5) is 4.79 Å². The van der Waals surface area contributed by atoms with Gasteiger partial charge < -0.3 is 14.6 Å². The standard InChI is InChI=1S/C23H27N3O3/c1-21(2,3)23(13-22(19(23)27)8-10-25(11-9-22)20(28)29)18-16-7-5-4-6-15(16)17-12-24-14-26(17)18/h4-7,12,14,18H,8-11,13H2,1-3H3,(H,28,29). The Labute approximate surface area is 170 Å². The number of amides is 1. The number of piperidine rings is 1. The third-order valence-corrected chi connectivity index (χ3v) is 7.78. The van der Waals surface area contributed by atoms with Crippen molar-refractivity contribution >= 4 is 11.9 Å². The van der Waals surface area contributed by atoms with Gasteiger partial charge in [0.2, 0.25) is 0 Å². The first-order valence-electron chi connectivity index (χ1n) is 10.4. The van der Waals surface area contributed by atoms with Crippen molar-refractivity contribution < 1.29 is 14.7 Å². The fraction of sp³-hybridized carbons (Fsp3) is 0.522. The lowest BCUT2D eigenvalue weighted by Crippen LogP contribution is -2.68. The molecule has 1 amide bonds. The first kappa shape index (κ1) is 18.4. The molecule has 1 aromatic heterocycles. The average Bonchev–Trinajstić information content (AvgIpc) is 3.26. The van der Waals surface area contributed by atoms with E-state index in [1.807, 2.05) is 24.7 Å². The van der Waals surface area contributed by atoms with Gasteiger partial charge in [0.15, 0.2) is 0 Å². The zero-order valence-electron chi connectivity index (χ0n) is 17.2. The van der Waals surface area contributed by atoms with Gasteiger partial charge in [-0.3, -0.25) is 4.79 Å². The van der Waals surface area contributed by atoms with Gasteiger partial charge in [0, 0.05) is 24.1 Å². The van der Waals surface area contributed by atoms with E-state index in [4.69, 9.17) is 0 Å². The van der Waals surface area contributed by atoms with Crippen molar-refractivity contribution in [2.75, 3.05) is 13.1 Å². The van der Waals surface area contributed by atoms with Crippen LogP contribution in [0.3, 0.4) is 0 Å². The van der Waals surface area contributed by atoms with Crippen molar-refractivity contribution in [2.45, 2.75) is 46.1 Å². The van der Waals surface area contributed by atoms with Crippen LogP contribution in [0.25, 0.3) is 11.3 Å².